The molecule has 3 rings (SSSR count). The molecule has 0 bridgehead atoms. The number of benzene rings is 2. The number of hydrogen-bond acceptors (Lipinski definition) is 5. The van der Waals surface area contributed by atoms with Crippen molar-refractivity contribution >= 4 is 28.2 Å². The van der Waals surface area contributed by atoms with E-state index >= 15 is 0 Å². The number of carbonyl (C=O) groups is 2. The second-order valence-electron chi connectivity index (χ2n) is 7.33. The van der Waals surface area contributed by atoms with Crippen molar-refractivity contribution in [1.29, 1.82) is 0 Å². The lowest BCUT2D eigenvalue weighted by molar-refractivity contribution is -0.118. The first-order valence-corrected chi connectivity index (χ1v) is 11.3. The van der Waals surface area contributed by atoms with Crippen molar-refractivity contribution in [2.45, 2.75) is 27.2 Å². The molecule has 1 aromatic heterocycles. The molecule has 0 aliphatic rings. The number of amides is 1. The predicted molar refractivity (Wildman–Crippen MR) is 130 cm³/mol. The van der Waals surface area contributed by atoms with Gasteiger partial charge < -0.3 is 14.8 Å². The minimum Gasteiger partial charge on any atom is -0.483 e. The molecular formula is C26H27NO4S. The number of anilines is 1. The molecule has 5 nitrogen and oxygen atoms in total. The molecule has 166 valence electrons. The summed E-state index contributed by atoms with van der Waals surface area (Å²) in [6, 6.07) is 13.6. The summed E-state index contributed by atoms with van der Waals surface area (Å²) in [4.78, 5) is 25.4. The quantitative estimate of drug-likeness (QED) is 0.324. The molecular weight excluding hydrogens is 422 g/mol. The van der Waals surface area contributed by atoms with Gasteiger partial charge in [-0.15, -0.1) is 17.9 Å². The molecule has 0 saturated heterocycles. The first kappa shape index (κ1) is 23.3. The van der Waals surface area contributed by atoms with Gasteiger partial charge in [-0.2, -0.15) is 0 Å². The molecule has 0 radical (unpaired) electrons. The Kier molecular flexibility index (Phi) is 7.84. The number of allylic oxidation sites excluding steroid dienone is 1. The monoisotopic (exact) mass is 449 g/mol. The average Bonchev–Trinajstić information content (AvgIpc) is 3.16. The number of carbonyl (C=O) groups excluding carboxylic acids is 2. The summed E-state index contributed by atoms with van der Waals surface area (Å²) in [5.41, 5.74) is 5.19. The molecule has 0 aliphatic carbocycles. The van der Waals surface area contributed by atoms with Gasteiger partial charge in [0.2, 0.25) is 0 Å². The summed E-state index contributed by atoms with van der Waals surface area (Å²) in [6.45, 7) is 9.61. The van der Waals surface area contributed by atoms with E-state index < -0.39 is 5.97 Å². The highest BCUT2D eigenvalue weighted by Gasteiger charge is 2.23. The lowest BCUT2D eigenvalue weighted by atomic mass is 9.97. The van der Waals surface area contributed by atoms with E-state index in [2.05, 4.69) is 18.0 Å². The van der Waals surface area contributed by atoms with Crippen LogP contribution in [0.3, 0.4) is 0 Å². The second-order valence-corrected chi connectivity index (χ2v) is 8.21. The minimum atomic E-state index is -0.462. The third-order valence-corrected chi connectivity index (χ3v) is 5.79. The molecule has 2 aromatic carbocycles. The fraction of sp³-hybridized carbons (Fsp3) is 0.231. The van der Waals surface area contributed by atoms with Crippen molar-refractivity contribution in [2.24, 2.45) is 0 Å². The summed E-state index contributed by atoms with van der Waals surface area (Å²) < 4.78 is 11.0. The van der Waals surface area contributed by atoms with Crippen LogP contribution in [0.15, 0.2) is 60.5 Å². The topological polar surface area (TPSA) is 64.6 Å². The Morgan fingerprint density at radius 1 is 1.12 bits per heavy atom. The lowest BCUT2D eigenvalue weighted by Crippen LogP contribution is -2.21. The Bertz CT molecular complexity index is 1130. The van der Waals surface area contributed by atoms with Gasteiger partial charge in [0.15, 0.2) is 6.61 Å². The molecule has 1 N–H and O–H groups in total. The zero-order valence-electron chi connectivity index (χ0n) is 18.6. The number of nitrogens with one attached hydrogen (secondary N) is 1. The molecule has 32 heavy (non-hydrogen) atoms. The highest BCUT2D eigenvalue weighted by Crippen LogP contribution is 2.38. The Morgan fingerprint density at radius 3 is 2.62 bits per heavy atom. The van der Waals surface area contributed by atoms with Crippen molar-refractivity contribution in [2.75, 3.05) is 18.5 Å². The van der Waals surface area contributed by atoms with Gasteiger partial charge in [0, 0.05) is 10.9 Å². The first-order valence-electron chi connectivity index (χ1n) is 10.4. The summed E-state index contributed by atoms with van der Waals surface area (Å²) in [6.07, 6.45) is 2.43. The number of aryl methyl sites for hydroxylation is 2. The largest absolute Gasteiger partial charge is 0.483 e. The fourth-order valence-corrected chi connectivity index (χ4v) is 4.41. The average molecular weight is 450 g/mol. The number of para-hydroxylation sites is 1. The molecule has 1 heterocycles. The molecule has 6 heteroatoms. The van der Waals surface area contributed by atoms with Crippen LogP contribution >= 0.6 is 11.3 Å². The van der Waals surface area contributed by atoms with E-state index in [-0.39, 0.29) is 19.1 Å². The Hall–Kier alpha value is -3.38. The fourth-order valence-electron chi connectivity index (χ4n) is 3.44. The van der Waals surface area contributed by atoms with Gasteiger partial charge in [0.05, 0.1) is 6.61 Å². The molecule has 0 atom stereocenters. The number of rotatable bonds is 9. The van der Waals surface area contributed by atoms with Crippen LogP contribution in [0, 0.1) is 13.8 Å². The maximum Gasteiger partial charge on any atom is 0.341 e. The van der Waals surface area contributed by atoms with Crippen LogP contribution in [0.1, 0.15) is 34.0 Å². The third-order valence-electron chi connectivity index (χ3n) is 4.89. The smallest absolute Gasteiger partial charge is 0.341 e. The number of thiophene rings is 1. The van der Waals surface area contributed by atoms with E-state index in [0.29, 0.717) is 22.7 Å². The van der Waals surface area contributed by atoms with Crippen LogP contribution in [-0.2, 0) is 16.0 Å². The van der Waals surface area contributed by atoms with Crippen molar-refractivity contribution in [1.82, 2.24) is 0 Å². The maximum absolute atomic E-state index is 12.8. The van der Waals surface area contributed by atoms with E-state index in [0.717, 1.165) is 27.8 Å². The lowest BCUT2D eigenvalue weighted by Gasteiger charge is -2.12. The highest BCUT2D eigenvalue weighted by atomic mass is 32.1. The standard InChI is InChI=1S/C26H27NO4S/c1-5-9-19-10-7-8-11-22(19)31-15-23(28)27-25-24(26(29)30-6-2)21(16-32-25)20-13-12-17(3)14-18(20)4/h5,7-8,10-14,16H,1,6,9,15H2,2-4H3,(H,27,28). The van der Waals surface area contributed by atoms with E-state index in [9.17, 15) is 9.59 Å². The number of ether oxygens (including phenoxy) is 2. The van der Waals surface area contributed by atoms with Crippen molar-refractivity contribution in [3.8, 4) is 16.9 Å². The maximum atomic E-state index is 12.8. The van der Waals surface area contributed by atoms with Gasteiger partial charge in [-0.05, 0) is 49.9 Å². The SMILES string of the molecule is C=CCc1ccccc1OCC(=O)Nc1scc(-c2ccc(C)cc2C)c1C(=O)OCC. The first-order chi connectivity index (χ1) is 15.4. The van der Waals surface area contributed by atoms with Crippen LogP contribution in [-0.4, -0.2) is 25.1 Å². The molecule has 0 saturated carbocycles. The van der Waals surface area contributed by atoms with Crippen molar-refractivity contribution in [3.63, 3.8) is 0 Å². The molecule has 3 aromatic rings. The number of hydrogen-bond donors (Lipinski definition) is 1. The van der Waals surface area contributed by atoms with Crippen molar-refractivity contribution in [3.05, 3.63) is 82.8 Å². The van der Waals surface area contributed by atoms with Gasteiger partial charge in [-0.3, -0.25) is 4.79 Å². The molecule has 0 spiro atoms. The Labute approximate surface area is 192 Å². The van der Waals surface area contributed by atoms with Crippen LogP contribution in [0.5, 0.6) is 5.75 Å². The van der Waals surface area contributed by atoms with Crippen LogP contribution in [0.25, 0.3) is 11.1 Å². The van der Waals surface area contributed by atoms with Gasteiger partial charge in [-0.25, -0.2) is 4.79 Å². The molecule has 0 aliphatic heterocycles. The number of esters is 1. The van der Waals surface area contributed by atoms with E-state index in [1.807, 2.05) is 55.6 Å². The second kappa shape index (κ2) is 10.8. The van der Waals surface area contributed by atoms with Crippen LogP contribution in [0.4, 0.5) is 5.00 Å². The predicted octanol–water partition coefficient (Wildman–Crippen LogP) is 5.95. The zero-order chi connectivity index (χ0) is 23.1. The molecule has 0 fully saturated rings. The summed E-state index contributed by atoms with van der Waals surface area (Å²) >= 11 is 1.30. The van der Waals surface area contributed by atoms with E-state index in [1.54, 1.807) is 13.0 Å². The minimum absolute atomic E-state index is 0.173. The molecule has 0 unspecified atom stereocenters. The summed E-state index contributed by atoms with van der Waals surface area (Å²) in [7, 11) is 0. The van der Waals surface area contributed by atoms with Crippen molar-refractivity contribution < 1.29 is 19.1 Å². The van der Waals surface area contributed by atoms with Gasteiger partial charge in [0.25, 0.3) is 5.91 Å². The van der Waals surface area contributed by atoms with E-state index in [4.69, 9.17) is 9.47 Å². The normalized spacial score (nSPS) is 10.5. The summed E-state index contributed by atoms with van der Waals surface area (Å²) in [5, 5.41) is 5.15. The summed E-state index contributed by atoms with van der Waals surface area (Å²) in [5.74, 6) is -0.176. The Balaban J connectivity index is 1.83. The third kappa shape index (κ3) is 5.45. The zero-order valence-corrected chi connectivity index (χ0v) is 19.4. The van der Waals surface area contributed by atoms with Gasteiger partial charge in [0.1, 0.15) is 16.3 Å². The van der Waals surface area contributed by atoms with Crippen LogP contribution in [0.2, 0.25) is 0 Å². The van der Waals surface area contributed by atoms with Crippen LogP contribution < -0.4 is 10.1 Å². The van der Waals surface area contributed by atoms with E-state index in [1.165, 1.54) is 11.3 Å². The Morgan fingerprint density at radius 2 is 1.91 bits per heavy atom. The van der Waals surface area contributed by atoms with Gasteiger partial charge in [-0.1, -0.05) is 48.0 Å². The highest BCUT2D eigenvalue weighted by molar-refractivity contribution is 7.15. The van der Waals surface area contributed by atoms with Gasteiger partial charge >= 0.3 is 5.97 Å². The molecule has 1 amide bonds.